The zero-order valence-electron chi connectivity index (χ0n) is 11.5. The van der Waals surface area contributed by atoms with E-state index in [-0.39, 0.29) is 5.91 Å². The van der Waals surface area contributed by atoms with Gasteiger partial charge in [0, 0.05) is 23.5 Å². The second kappa shape index (κ2) is 6.07. The minimum Gasteiger partial charge on any atom is -0.326 e. The molecule has 8 heteroatoms. The van der Waals surface area contributed by atoms with Gasteiger partial charge in [-0.2, -0.15) is 5.10 Å². The summed E-state index contributed by atoms with van der Waals surface area (Å²) in [6.07, 6.45) is 3.59. The van der Waals surface area contributed by atoms with Gasteiger partial charge in [0.1, 0.15) is 6.04 Å². The Labute approximate surface area is 131 Å². The summed E-state index contributed by atoms with van der Waals surface area (Å²) in [6, 6.07) is 6.07. The molecule has 1 aliphatic rings. The summed E-state index contributed by atoms with van der Waals surface area (Å²) < 4.78 is 0. The van der Waals surface area contributed by atoms with E-state index in [1.165, 1.54) is 6.20 Å². The number of hydrogen-bond acceptors (Lipinski definition) is 3. The number of anilines is 2. The van der Waals surface area contributed by atoms with Gasteiger partial charge in [-0.1, -0.05) is 11.6 Å². The van der Waals surface area contributed by atoms with Crippen LogP contribution in [0.5, 0.6) is 0 Å². The first-order chi connectivity index (χ1) is 10.6. The van der Waals surface area contributed by atoms with E-state index in [4.69, 9.17) is 11.6 Å². The van der Waals surface area contributed by atoms with Crippen molar-refractivity contribution in [3.05, 3.63) is 41.7 Å². The van der Waals surface area contributed by atoms with E-state index < -0.39 is 12.1 Å². The number of nitrogens with zero attached hydrogens (tertiary/aromatic N) is 2. The van der Waals surface area contributed by atoms with Crippen LogP contribution in [0.1, 0.15) is 6.42 Å². The molecule has 7 nitrogen and oxygen atoms in total. The summed E-state index contributed by atoms with van der Waals surface area (Å²) >= 11 is 5.84. The standard InChI is InChI=1S/C14H14ClN5O2/c15-9-1-3-11(4-2-9)20-6-5-12(13(20)21)19-14(22)18-10-7-16-17-8-10/h1-4,7-8,12H,5-6H2,(H,16,17)(H2,18,19,22)/t12-/m1/s1. The molecular weight excluding hydrogens is 306 g/mol. The van der Waals surface area contributed by atoms with Gasteiger partial charge in [0.05, 0.1) is 11.9 Å². The van der Waals surface area contributed by atoms with Crippen molar-refractivity contribution >= 4 is 34.9 Å². The van der Waals surface area contributed by atoms with E-state index in [0.29, 0.717) is 23.7 Å². The molecule has 1 saturated heterocycles. The summed E-state index contributed by atoms with van der Waals surface area (Å²) in [5.41, 5.74) is 1.31. The third-order valence-electron chi connectivity index (χ3n) is 3.41. The molecule has 22 heavy (non-hydrogen) atoms. The molecule has 3 amide bonds. The molecule has 1 atom stereocenters. The Bertz CT molecular complexity index is 671. The van der Waals surface area contributed by atoms with E-state index >= 15 is 0 Å². The molecule has 2 aromatic rings. The molecule has 1 aromatic heterocycles. The van der Waals surface area contributed by atoms with Gasteiger partial charge in [-0.25, -0.2) is 4.79 Å². The van der Waals surface area contributed by atoms with Crippen molar-refractivity contribution in [2.45, 2.75) is 12.5 Å². The fraction of sp³-hybridized carbons (Fsp3) is 0.214. The molecule has 1 aliphatic heterocycles. The lowest BCUT2D eigenvalue weighted by atomic mass is 10.2. The van der Waals surface area contributed by atoms with E-state index in [0.717, 1.165) is 5.69 Å². The molecular formula is C14H14ClN5O2. The first-order valence-corrected chi connectivity index (χ1v) is 7.14. The lowest BCUT2D eigenvalue weighted by Gasteiger charge is -2.17. The summed E-state index contributed by atoms with van der Waals surface area (Å²) in [5.74, 6) is -0.135. The van der Waals surface area contributed by atoms with Crippen LogP contribution in [0.4, 0.5) is 16.2 Å². The number of aromatic nitrogens is 2. The fourth-order valence-corrected chi connectivity index (χ4v) is 2.46. The number of halogens is 1. The molecule has 3 N–H and O–H groups in total. The van der Waals surface area contributed by atoms with Gasteiger partial charge in [0.2, 0.25) is 5.91 Å². The topological polar surface area (TPSA) is 90.1 Å². The second-order valence-electron chi connectivity index (χ2n) is 4.89. The maximum Gasteiger partial charge on any atom is 0.319 e. The van der Waals surface area contributed by atoms with Gasteiger partial charge in [0.15, 0.2) is 0 Å². The summed E-state index contributed by atoms with van der Waals surface area (Å²) in [6.45, 7) is 0.553. The van der Waals surface area contributed by atoms with Crippen LogP contribution in [0.3, 0.4) is 0 Å². The minimum absolute atomic E-state index is 0.135. The second-order valence-corrected chi connectivity index (χ2v) is 5.33. The zero-order valence-corrected chi connectivity index (χ0v) is 12.3. The predicted molar refractivity (Wildman–Crippen MR) is 83.0 cm³/mol. The molecule has 114 valence electrons. The first-order valence-electron chi connectivity index (χ1n) is 6.77. The van der Waals surface area contributed by atoms with Crippen molar-refractivity contribution in [3.63, 3.8) is 0 Å². The van der Waals surface area contributed by atoms with Crippen molar-refractivity contribution in [2.24, 2.45) is 0 Å². The van der Waals surface area contributed by atoms with Crippen LogP contribution in [0.2, 0.25) is 5.02 Å². The van der Waals surface area contributed by atoms with Crippen LogP contribution >= 0.6 is 11.6 Å². The smallest absolute Gasteiger partial charge is 0.319 e. The van der Waals surface area contributed by atoms with Crippen LogP contribution < -0.4 is 15.5 Å². The number of nitrogens with one attached hydrogen (secondary N) is 3. The van der Waals surface area contributed by atoms with E-state index in [2.05, 4.69) is 20.8 Å². The number of carbonyl (C=O) groups is 2. The van der Waals surface area contributed by atoms with Gasteiger partial charge in [0.25, 0.3) is 0 Å². The van der Waals surface area contributed by atoms with Crippen LogP contribution in [0, 0.1) is 0 Å². The molecule has 3 rings (SSSR count). The molecule has 0 unspecified atom stereocenters. The zero-order chi connectivity index (χ0) is 15.5. The third-order valence-corrected chi connectivity index (χ3v) is 3.66. The normalized spacial score (nSPS) is 17.6. The number of H-pyrrole nitrogens is 1. The quantitative estimate of drug-likeness (QED) is 0.808. The summed E-state index contributed by atoms with van der Waals surface area (Å²) in [7, 11) is 0. The summed E-state index contributed by atoms with van der Waals surface area (Å²) in [4.78, 5) is 25.8. The lowest BCUT2D eigenvalue weighted by Crippen LogP contribution is -2.43. The molecule has 0 spiro atoms. The average Bonchev–Trinajstić information content (AvgIpc) is 3.11. The molecule has 0 aliphatic carbocycles. The van der Waals surface area contributed by atoms with E-state index in [9.17, 15) is 9.59 Å². The van der Waals surface area contributed by atoms with Gasteiger partial charge < -0.3 is 15.5 Å². The van der Waals surface area contributed by atoms with Gasteiger partial charge in [-0.15, -0.1) is 0 Å². The average molecular weight is 320 g/mol. The Morgan fingerprint density at radius 3 is 2.82 bits per heavy atom. The number of rotatable bonds is 3. The maximum atomic E-state index is 12.4. The predicted octanol–water partition coefficient (Wildman–Crippen LogP) is 1.99. The number of carbonyl (C=O) groups excluding carboxylic acids is 2. The summed E-state index contributed by atoms with van der Waals surface area (Å²) in [5, 5.41) is 12.2. The Balaban J connectivity index is 1.61. The highest BCUT2D eigenvalue weighted by Crippen LogP contribution is 2.23. The maximum absolute atomic E-state index is 12.4. The highest BCUT2D eigenvalue weighted by molar-refractivity contribution is 6.30. The number of hydrogen-bond donors (Lipinski definition) is 3. The molecule has 1 aromatic carbocycles. The fourth-order valence-electron chi connectivity index (χ4n) is 2.34. The molecule has 2 heterocycles. The van der Waals surface area contributed by atoms with Gasteiger partial charge in [-0.05, 0) is 30.7 Å². The molecule has 0 saturated carbocycles. The largest absolute Gasteiger partial charge is 0.326 e. The highest BCUT2D eigenvalue weighted by atomic mass is 35.5. The van der Waals surface area contributed by atoms with Gasteiger partial charge >= 0.3 is 6.03 Å². The van der Waals surface area contributed by atoms with Crippen molar-refractivity contribution in [2.75, 3.05) is 16.8 Å². The van der Waals surface area contributed by atoms with Crippen molar-refractivity contribution in [1.82, 2.24) is 15.5 Å². The van der Waals surface area contributed by atoms with Crippen LogP contribution in [0.15, 0.2) is 36.7 Å². The Morgan fingerprint density at radius 1 is 1.36 bits per heavy atom. The Hall–Kier alpha value is -2.54. The van der Waals surface area contributed by atoms with E-state index in [1.807, 2.05) is 0 Å². The van der Waals surface area contributed by atoms with Crippen LogP contribution in [-0.2, 0) is 4.79 Å². The Kier molecular flexibility index (Phi) is 3.97. The number of urea groups is 1. The number of amides is 3. The monoisotopic (exact) mass is 319 g/mol. The third kappa shape index (κ3) is 3.04. The van der Waals surface area contributed by atoms with Gasteiger partial charge in [-0.3, -0.25) is 9.89 Å². The lowest BCUT2D eigenvalue weighted by molar-refractivity contribution is -0.118. The van der Waals surface area contributed by atoms with Crippen LogP contribution in [0.25, 0.3) is 0 Å². The Morgan fingerprint density at radius 2 is 2.14 bits per heavy atom. The molecule has 1 fully saturated rings. The minimum atomic E-state index is -0.539. The van der Waals surface area contributed by atoms with Crippen molar-refractivity contribution < 1.29 is 9.59 Å². The molecule has 0 radical (unpaired) electrons. The first kappa shape index (κ1) is 14.4. The van der Waals surface area contributed by atoms with Crippen molar-refractivity contribution in [3.8, 4) is 0 Å². The number of aromatic amines is 1. The molecule has 0 bridgehead atoms. The van der Waals surface area contributed by atoms with E-state index in [1.54, 1.807) is 35.4 Å². The van der Waals surface area contributed by atoms with Crippen molar-refractivity contribution in [1.29, 1.82) is 0 Å². The number of benzene rings is 1. The van der Waals surface area contributed by atoms with Crippen LogP contribution in [-0.4, -0.2) is 34.7 Å². The highest BCUT2D eigenvalue weighted by Gasteiger charge is 2.33. The SMILES string of the molecule is O=C(Nc1cn[nH]c1)N[C@@H]1CCN(c2ccc(Cl)cc2)C1=O.